The summed E-state index contributed by atoms with van der Waals surface area (Å²) >= 11 is 7.45. The average Bonchev–Trinajstić information content (AvgIpc) is 2.77. The lowest BCUT2D eigenvalue weighted by Crippen LogP contribution is -2.48. The van der Waals surface area contributed by atoms with Gasteiger partial charge in [-0.25, -0.2) is 0 Å². The minimum atomic E-state index is 0.0106. The summed E-state index contributed by atoms with van der Waals surface area (Å²) in [7, 11) is 0. The van der Waals surface area contributed by atoms with Gasteiger partial charge in [-0.05, 0) is 57.1 Å². The summed E-state index contributed by atoms with van der Waals surface area (Å²) in [5.41, 5.74) is 0.0106. The lowest BCUT2D eigenvalue weighted by molar-refractivity contribution is -0.123. The molecule has 0 unspecified atom stereocenters. The van der Waals surface area contributed by atoms with Gasteiger partial charge in [-0.2, -0.15) is 0 Å². The van der Waals surface area contributed by atoms with E-state index in [4.69, 9.17) is 11.6 Å². The second kappa shape index (κ2) is 6.27. The number of hydrogen-bond acceptors (Lipinski definition) is 2. The third kappa shape index (κ3) is 4.50. The second-order valence-electron chi connectivity index (χ2n) is 6.00. The van der Waals surface area contributed by atoms with E-state index in [2.05, 4.69) is 19.2 Å². The number of hydrogen-bond donors (Lipinski definition) is 1. The van der Waals surface area contributed by atoms with Crippen molar-refractivity contribution < 1.29 is 4.79 Å². The van der Waals surface area contributed by atoms with Gasteiger partial charge in [-0.1, -0.05) is 18.5 Å². The van der Waals surface area contributed by atoms with E-state index < -0.39 is 0 Å². The van der Waals surface area contributed by atoms with Gasteiger partial charge in [0, 0.05) is 16.8 Å². The quantitative estimate of drug-likeness (QED) is 0.876. The fraction of sp³-hybridized carbons (Fsp3) is 0.667. The molecule has 1 aliphatic carbocycles. The highest BCUT2D eigenvalue weighted by molar-refractivity contribution is 7.16. The minimum absolute atomic E-state index is 0.0106. The van der Waals surface area contributed by atoms with Crippen LogP contribution in [0.25, 0.3) is 0 Å². The van der Waals surface area contributed by atoms with Gasteiger partial charge >= 0.3 is 0 Å². The van der Waals surface area contributed by atoms with E-state index in [0.29, 0.717) is 6.42 Å². The van der Waals surface area contributed by atoms with E-state index in [1.54, 1.807) is 11.3 Å². The van der Waals surface area contributed by atoms with Crippen LogP contribution in [-0.2, 0) is 11.2 Å². The zero-order valence-electron chi connectivity index (χ0n) is 11.7. The molecular weight excluding hydrogens is 278 g/mol. The van der Waals surface area contributed by atoms with Crippen molar-refractivity contribution in [1.82, 2.24) is 5.32 Å². The van der Waals surface area contributed by atoms with E-state index in [-0.39, 0.29) is 11.4 Å². The number of amides is 1. The normalized spacial score (nSPS) is 27.2. The van der Waals surface area contributed by atoms with Gasteiger partial charge in [0.2, 0.25) is 5.91 Å². The highest BCUT2D eigenvalue weighted by Crippen LogP contribution is 2.31. The molecule has 0 atom stereocenters. The maximum absolute atomic E-state index is 12.0. The van der Waals surface area contributed by atoms with Crippen LogP contribution in [0, 0.1) is 5.92 Å². The van der Waals surface area contributed by atoms with Crippen molar-refractivity contribution in [1.29, 1.82) is 0 Å². The molecule has 1 fully saturated rings. The van der Waals surface area contributed by atoms with Gasteiger partial charge < -0.3 is 5.32 Å². The van der Waals surface area contributed by atoms with E-state index in [9.17, 15) is 4.79 Å². The predicted octanol–water partition coefficient (Wildman–Crippen LogP) is 4.42. The molecule has 4 heteroatoms. The molecular formula is C15H22ClNOS. The van der Waals surface area contributed by atoms with Crippen LogP contribution in [-0.4, -0.2) is 11.4 Å². The topological polar surface area (TPSA) is 29.1 Å². The molecule has 1 aliphatic rings. The third-order valence-corrected chi connectivity index (χ3v) is 5.34. The van der Waals surface area contributed by atoms with Crippen LogP contribution < -0.4 is 5.32 Å². The fourth-order valence-corrected chi connectivity index (χ4v) is 3.73. The maximum Gasteiger partial charge on any atom is 0.220 e. The molecule has 1 aromatic rings. The van der Waals surface area contributed by atoms with Crippen LogP contribution in [0.3, 0.4) is 0 Å². The minimum Gasteiger partial charge on any atom is -0.351 e. The number of carbonyl (C=O) groups is 1. The van der Waals surface area contributed by atoms with Crippen LogP contribution in [0.5, 0.6) is 0 Å². The summed E-state index contributed by atoms with van der Waals surface area (Å²) in [6.07, 6.45) is 5.99. The maximum atomic E-state index is 12.0. The smallest absolute Gasteiger partial charge is 0.220 e. The molecule has 1 aromatic heterocycles. The van der Waals surface area contributed by atoms with Crippen LogP contribution >= 0.6 is 22.9 Å². The second-order valence-corrected chi connectivity index (χ2v) is 7.80. The lowest BCUT2D eigenvalue weighted by Gasteiger charge is -2.37. The molecule has 2 nitrogen and oxygen atoms in total. The molecule has 0 bridgehead atoms. The van der Waals surface area contributed by atoms with E-state index in [1.165, 1.54) is 17.7 Å². The van der Waals surface area contributed by atoms with Crippen LogP contribution in [0.15, 0.2) is 12.1 Å². The highest BCUT2D eigenvalue weighted by atomic mass is 35.5. The molecule has 1 amide bonds. The standard InChI is InChI=1S/C15H22ClNOS/c1-11-7-9-15(2,10-8-11)17-14(18)6-4-12-3-5-13(16)19-12/h3,5,11H,4,6-10H2,1-2H3,(H,17,18). The van der Waals surface area contributed by atoms with E-state index in [1.807, 2.05) is 12.1 Å². The Labute approximate surface area is 124 Å². The fourth-order valence-electron chi connectivity index (χ4n) is 2.65. The Morgan fingerprint density at radius 3 is 2.74 bits per heavy atom. The number of halogens is 1. The van der Waals surface area contributed by atoms with Crippen molar-refractivity contribution in [3.05, 3.63) is 21.3 Å². The summed E-state index contributed by atoms with van der Waals surface area (Å²) in [6.45, 7) is 4.47. The number of rotatable bonds is 4. The highest BCUT2D eigenvalue weighted by Gasteiger charge is 2.30. The molecule has 0 radical (unpaired) electrons. The lowest BCUT2D eigenvalue weighted by atomic mass is 9.78. The van der Waals surface area contributed by atoms with Crippen LogP contribution in [0.1, 0.15) is 50.8 Å². The summed E-state index contributed by atoms with van der Waals surface area (Å²) in [4.78, 5) is 13.2. The molecule has 19 heavy (non-hydrogen) atoms. The molecule has 0 spiro atoms. The first kappa shape index (κ1) is 14.9. The number of thiophene rings is 1. The molecule has 0 aliphatic heterocycles. The first-order chi connectivity index (χ1) is 8.97. The first-order valence-electron chi connectivity index (χ1n) is 7.02. The Bertz CT molecular complexity index is 435. The zero-order chi connectivity index (χ0) is 13.9. The van der Waals surface area contributed by atoms with Gasteiger partial charge in [-0.15, -0.1) is 11.3 Å². The summed E-state index contributed by atoms with van der Waals surface area (Å²) < 4.78 is 0.795. The van der Waals surface area contributed by atoms with Crippen molar-refractivity contribution >= 4 is 28.8 Å². The van der Waals surface area contributed by atoms with Crippen LogP contribution in [0.4, 0.5) is 0 Å². The van der Waals surface area contributed by atoms with Crippen molar-refractivity contribution in [2.75, 3.05) is 0 Å². The summed E-state index contributed by atoms with van der Waals surface area (Å²) in [6, 6.07) is 3.90. The Morgan fingerprint density at radius 2 is 2.16 bits per heavy atom. The first-order valence-corrected chi connectivity index (χ1v) is 8.21. The van der Waals surface area contributed by atoms with E-state index in [0.717, 1.165) is 29.5 Å². The molecule has 0 saturated heterocycles. The zero-order valence-corrected chi connectivity index (χ0v) is 13.2. The van der Waals surface area contributed by atoms with Crippen molar-refractivity contribution in [2.24, 2.45) is 5.92 Å². The Hall–Kier alpha value is -0.540. The number of aryl methyl sites for hydroxylation is 1. The Kier molecular flexibility index (Phi) is 4.91. The molecule has 1 saturated carbocycles. The predicted molar refractivity (Wildman–Crippen MR) is 81.8 cm³/mol. The third-order valence-electron chi connectivity index (χ3n) is 4.05. The van der Waals surface area contributed by atoms with Gasteiger partial charge in [-0.3, -0.25) is 4.79 Å². The molecule has 1 N–H and O–H groups in total. The number of nitrogens with one attached hydrogen (secondary N) is 1. The Balaban J connectivity index is 1.77. The van der Waals surface area contributed by atoms with Gasteiger partial charge in [0.25, 0.3) is 0 Å². The molecule has 106 valence electrons. The van der Waals surface area contributed by atoms with Gasteiger partial charge in [0.1, 0.15) is 0 Å². The average molecular weight is 300 g/mol. The summed E-state index contributed by atoms with van der Waals surface area (Å²) in [5, 5.41) is 3.23. The molecule has 0 aromatic carbocycles. The Morgan fingerprint density at radius 1 is 1.47 bits per heavy atom. The van der Waals surface area contributed by atoms with Crippen molar-refractivity contribution in [2.45, 2.75) is 57.9 Å². The van der Waals surface area contributed by atoms with Crippen molar-refractivity contribution in [3.8, 4) is 0 Å². The van der Waals surface area contributed by atoms with Crippen molar-refractivity contribution in [3.63, 3.8) is 0 Å². The largest absolute Gasteiger partial charge is 0.351 e. The number of carbonyl (C=O) groups excluding carboxylic acids is 1. The molecule has 1 heterocycles. The molecule has 2 rings (SSSR count). The van der Waals surface area contributed by atoms with Gasteiger partial charge in [0.05, 0.1) is 4.34 Å². The van der Waals surface area contributed by atoms with Crippen LogP contribution in [0.2, 0.25) is 4.34 Å². The SMILES string of the molecule is CC1CCC(C)(NC(=O)CCc2ccc(Cl)s2)CC1. The summed E-state index contributed by atoms with van der Waals surface area (Å²) in [5.74, 6) is 0.972. The van der Waals surface area contributed by atoms with E-state index >= 15 is 0 Å². The van der Waals surface area contributed by atoms with Gasteiger partial charge in [0.15, 0.2) is 0 Å². The monoisotopic (exact) mass is 299 g/mol.